The lowest BCUT2D eigenvalue weighted by Crippen LogP contribution is -2.21. The number of aliphatic carboxylic acids is 1. The number of hydrogen-bond acceptors (Lipinski definition) is 4. The molecule has 0 bridgehead atoms. The molecule has 5 atom stereocenters. The van der Waals surface area contributed by atoms with Crippen molar-refractivity contribution in [2.75, 3.05) is 0 Å². The van der Waals surface area contributed by atoms with Gasteiger partial charge in [0, 0.05) is 18.8 Å². The first kappa shape index (κ1) is 21.9. The van der Waals surface area contributed by atoms with Gasteiger partial charge in [-0.25, -0.2) is 0 Å². The van der Waals surface area contributed by atoms with Gasteiger partial charge in [-0.15, -0.1) is 0 Å². The van der Waals surface area contributed by atoms with E-state index in [1.165, 1.54) is 0 Å². The molecule has 0 saturated heterocycles. The van der Waals surface area contributed by atoms with Gasteiger partial charge in [-0.3, -0.25) is 4.79 Å². The Balaban J connectivity index is 2.39. The number of allylic oxidation sites excluding steroid dienone is 1. The Morgan fingerprint density at radius 3 is 2.60 bits per heavy atom. The lowest BCUT2D eigenvalue weighted by atomic mass is 9.88. The van der Waals surface area contributed by atoms with Crippen molar-refractivity contribution in [2.45, 2.75) is 83.0 Å². The first-order valence-corrected chi connectivity index (χ1v) is 9.55. The van der Waals surface area contributed by atoms with Crippen LogP contribution in [0.1, 0.15) is 64.7 Å². The van der Waals surface area contributed by atoms with E-state index in [4.69, 9.17) is 5.11 Å². The van der Waals surface area contributed by atoms with Gasteiger partial charge in [0.2, 0.25) is 0 Å². The van der Waals surface area contributed by atoms with E-state index in [1.54, 1.807) is 6.08 Å². The monoisotopic (exact) mass is 354 g/mol. The second-order valence-corrected chi connectivity index (χ2v) is 7.05. The van der Waals surface area contributed by atoms with Crippen molar-refractivity contribution in [1.82, 2.24) is 0 Å². The summed E-state index contributed by atoms with van der Waals surface area (Å²) in [4.78, 5) is 10.4. The number of aliphatic hydroxyl groups excluding tert-OH is 3. The lowest BCUT2D eigenvalue weighted by Gasteiger charge is -2.21. The third-order valence-electron chi connectivity index (χ3n) is 4.92. The number of carboxylic acid groups (broad SMARTS) is 1. The molecule has 0 aliphatic heterocycles. The zero-order chi connectivity index (χ0) is 18.7. The third-order valence-corrected chi connectivity index (χ3v) is 4.92. The minimum Gasteiger partial charge on any atom is -0.481 e. The summed E-state index contributed by atoms with van der Waals surface area (Å²) in [5.41, 5.74) is 0. The maximum Gasteiger partial charge on any atom is 0.303 e. The van der Waals surface area contributed by atoms with E-state index in [2.05, 4.69) is 6.92 Å². The summed E-state index contributed by atoms with van der Waals surface area (Å²) >= 11 is 0. The highest BCUT2D eigenvalue weighted by atomic mass is 16.4. The molecule has 0 heterocycles. The second kappa shape index (κ2) is 12.2. The fraction of sp³-hybridized carbons (Fsp3) is 0.750. The van der Waals surface area contributed by atoms with Gasteiger partial charge in [0.25, 0.3) is 0 Å². The van der Waals surface area contributed by atoms with Crippen LogP contribution in [-0.2, 0) is 4.79 Å². The van der Waals surface area contributed by atoms with Crippen LogP contribution in [0.5, 0.6) is 0 Å². The van der Waals surface area contributed by atoms with Gasteiger partial charge in [-0.05, 0) is 31.6 Å². The zero-order valence-electron chi connectivity index (χ0n) is 15.3. The van der Waals surface area contributed by atoms with E-state index in [1.807, 2.05) is 18.2 Å². The van der Waals surface area contributed by atoms with E-state index in [0.29, 0.717) is 25.7 Å². The summed E-state index contributed by atoms with van der Waals surface area (Å²) in [6, 6.07) is 0. The van der Waals surface area contributed by atoms with Gasteiger partial charge >= 0.3 is 5.97 Å². The number of carboxylic acids is 1. The van der Waals surface area contributed by atoms with Gasteiger partial charge in [0.1, 0.15) is 0 Å². The molecular weight excluding hydrogens is 320 g/mol. The Labute approximate surface area is 151 Å². The van der Waals surface area contributed by atoms with Gasteiger partial charge < -0.3 is 20.4 Å². The molecule has 0 aromatic carbocycles. The van der Waals surface area contributed by atoms with Crippen LogP contribution in [0.3, 0.4) is 0 Å². The Bertz CT molecular complexity index is 432. The van der Waals surface area contributed by atoms with Crippen LogP contribution in [0.4, 0.5) is 0 Å². The molecule has 0 aromatic rings. The molecule has 1 aliphatic rings. The average Bonchev–Trinajstić information content (AvgIpc) is 2.82. The Hall–Kier alpha value is -1.17. The smallest absolute Gasteiger partial charge is 0.303 e. The first-order chi connectivity index (χ1) is 12.0. The molecule has 0 amide bonds. The fourth-order valence-electron chi connectivity index (χ4n) is 3.47. The van der Waals surface area contributed by atoms with Crippen LogP contribution in [0.25, 0.3) is 0 Å². The molecule has 0 spiro atoms. The van der Waals surface area contributed by atoms with E-state index < -0.39 is 24.3 Å². The minimum absolute atomic E-state index is 0.0663. The lowest BCUT2D eigenvalue weighted by molar-refractivity contribution is -0.137. The molecule has 144 valence electrons. The van der Waals surface area contributed by atoms with E-state index in [-0.39, 0.29) is 18.3 Å². The van der Waals surface area contributed by atoms with Gasteiger partial charge in [-0.1, -0.05) is 50.5 Å². The number of carbonyl (C=O) groups is 1. The quantitative estimate of drug-likeness (QED) is 0.319. The summed E-state index contributed by atoms with van der Waals surface area (Å²) in [5.74, 6) is -0.820. The van der Waals surface area contributed by atoms with Crippen LogP contribution < -0.4 is 0 Å². The highest BCUT2D eigenvalue weighted by Gasteiger charge is 2.39. The number of unbranched alkanes of at least 4 members (excludes halogenated alkanes) is 3. The molecule has 0 unspecified atom stereocenters. The van der Waals surface area contributed by atoms with Gasteiger partial charge in [0.15, 0.2) is 0 Å². The highest BCUT2D eigenvalue weighted by Crippen LogP contribution is 2.37. The Morgan fingerprint density at radius 1 is 1.16 bits per heavy atom. The van der Waals surface area contributed by atoms with Crippen molar-refractivity contribution >= 4 is 5.97 Å². The van der Waals surface area contributed by atoms with Gasteiger partial charge in [0.05, 0.1) is 18.3 Å². The fourth-order valence-corrected chi connectivity index (χ4v) is 3.47. The maximum atomic E-state index is 10.4. The second-order valence-electron chi connectivity index (χ2n) is 7.05. The maximum absolute atomic E-state index is 10.4. The molecule has 1 rings (SSSR count). The molecule has 5 heteroatoms. The van der Waals surface area contributed by atoms with E-state index in [9.17, 15) is 20.1 Å². The zero-order valence-corrected chi connectivity index (χ0v) is 15.3. The average molecular weight is 354 g/mol. The molecule has 0 aromatic heterocycles. The predicted octanol–water partition coefficient (Wildman–Crippen LogP) is 3.04. The predicted molar refractivity (Wildman–Crippen MR) is 98.1 cm³/mol. The van der Waals surface area contributed by atoms with E-state index >= 15 is 0 Å². The first-order valence-electron chi connectivity index (χ1n) is 9.55. The van der Waals surface area contributed by atoms with Crippen LogP contribution >= 0.6 is 0 Å². The van der Waals surface area contributed by atoms with Crippen LogP contribution in [0.15, 0.2) is 24.3 Å². The summed E-state index contributed by atoms with van der Waals surface area (Å²) in [6.45, 7) is 2.14. The Kier molecular flexibility index (Phi) is 10.7. The summed E-state index contributed by atoms with van der Waals surface area (Å²) in [5, 5.41) is 38.9. The molecule has 0 radical (unpaired) electrons. The molecule has 1 aliphatic carbocycles. The summed E-state index contributed by atoms with van der Waals surface area (Å²) in [7, 11) is 0. The topological polar surface area (TPSA) is 98.0 Å². The molecule has 25 heavy (non-hydrogen) atoms. The standard InChI is InChI=1S/C20H34O5/c1-2-3-6-10-16-17(19(23)14-18(16)22)13-12-15(21)9-7-4-5-8-11-20(24)25/h4,7,12-13,15-19,21-23H,2-3,5-6,8-11,14H2,1H3,(H,24,25)/t15-,16-,17+,18-,19+/m0/s1. The largest absolute Gasteiger partial charge is 0.481 e. The number of rotatable bonds is 12. The van der Waals surface area contributed by atoms with Gasteiger partial charge in [-0.2, -0.15) is 0 Å². The van der Waals surface area contributed by atoms with Crippen LogP contribution in [-0.4, -0.2) is 44.7 Å². The SMILES string of the molecule is CCCCC[C@H]1[C@@H](C=C[C@@H](O)CC=CCCCC(=O)O)[C@H](O)C[C@@H]1O. The minimum atomic E-state index is -0.790. The number of hydrogen-bond donors (Lipinski definition) is 4. The van der Waals surface area contributed by atoms with Crippen LogP contribution in [0, 0.1) is 11.8 Å². The van der Waals surface area contributed by atoms with Crippen molar-refractivity contribution in [3.05, 3.63) is 24.3 Å². The highest BCUT2D eigenvalue weighted by molar-refractivity contribution is 5.66. The van der Waals surface area contributed by atoms with Crippen LogP contribution in [0.2, 0.25) is 0 Å². The van der Waals surface area contributed by atoms with Crippen molar-refractivity contribution in [3.8, 4) is 0 Å². The third kappa shape index (κ3) is 8.66. The van der Waals surface area contributed by atoms with Crippen molar-refractivity contribution in [1.29, 1.82) is 0 Å². The molecule has 5 nitrogen and oxygen atoms in total. The number of aliphatic hydroxyl groups is 3. The Morgan fingerprint density at radius 2 is 1.92 bits per heavy atom. The molecule has 1 fully saturated rings. The van der Waals surface area contributed by atoms with Crippen molar-refractivity contribution in [2.24, 2.45) is 11.8 Å². The molecule has 4 N–H and O–H groups in total. The van der Waals surface area contributed by atoms with Crippen molar-refractivity contribution in [3.63, 3.8) is 0 Å². The summed E-state index contributed by atoms with van der Waals surface area (Å²) < 4.78 is 0. The molecular formula is C20H34O5. The van der Waals surface area contributed by atoms with E-state index in [0.717, 1.165) is 25.7 Å². The van der Waals surface area contributed by atoms with Crippen molar-refractivity contribution < 1.29 is 25.2 Å². The normalized spacial score (nSPS) is 28.2. The summed E-state index contributed by atoms with van der Waals surface area (Å²) in [6.07, 6.45) is 12.2. The molecule has 1 saturated carbocycles.